The third-order valence-electron chi connectivity index (χ3n) is 2.43. The highest BCUT2D eigenvalue weighted by molar-refractivity contribution is 8.00. The van der Waals surface area contributed by atoms with Crippen molar-refractivity contribution < 1.29 is 9.90 Å². The van der Waals surface area contributed by atoms with Crippen molar-refractivity contribution in [3.8, 4) is 0 Å². The number of amides is 1. The summed E-state index contributed by atoms with van der Waals surface area (Å²) < 4.78 is 0. The molecule has 2 N–H and O–H groups in total. The Morgan fingerprint density at radius 2 is 2.28 bits per heavy atom. The number of carbonyl (C=O) groups excluding carboxylic acids is 1. The number of rotatable bonds is 7. The van der Waals surface area contributed by atoms with E-state index in [-0.39, 0.29) is 5.91 Å². The third kappa shape index (κ3) is 5.06. The molecule has 0 aliphatic heterocycles. The number of aliphatic hydroxyl groups is 1. The highest BCUT2D eigenvalue weighted by Crippen LogP contribution is 2.19. The first-order valence-electron chi connectivity index (χ1n) is 6.20. The SMILES string of the molecule is CCCNC(=O)CSc1ccc(C(O)CC)nc1. The normalized spacial score (nSPS) is 12.2. The molecule has 0 bridgehead atoms. The molecule has 0 radical (unpaired) electrons. The van der Waals surface area contributed by atoms with Gasteiger partial charge in [-0.15, -0.1) is 11.8 Å². The summed E-state index contributed by atoms with van der Waals surface area (Å²) in [5, 5.41) is 12.4. The van der Waals surface area contributed by atoms with Crippen molar-refractivity contribution in [1.29, 1.82) is 0 Å². The smallest absolute Gasteiger partial charge is 0.230 e. The van der Waals surface area contributed by atoms with Gasteiger partial charge in [0.25, 0.3) is 0 Å². The molecule has 0 aliphatic rings. The van der Waals surface area contributed by atoms with E-state index in [1.54, 1.807) is 12.3 Å². The number of hydrogen-bond donors (Lipinski definition) is 2. The van der Waals surface area contributed by atoms with Crippen LogP contribution >= 0.6 is 11.8 Å². The molecule has 0 fully saturated rings. The highest BCUT2D eigenvalue weighted by atomic mass is 32.2. The molecule has 1 unspecified atom stereocenters. The lowest BCUT2D eigenvalue weighted by Crippen LogP contribution is -2.25. The molecule has 0 aromatic carbocycles. The number of nitrogens with one attached hydrogen (secondary N) is 1. The molecule has 1 amide bonds. The van der Waals surface area contributed by atoms with Crippen LogP contribution in [0.3, 0.4) is 0 Å². The Kier molecular flexibility index (Phi) is 6.75. The van der Waals surface area contributed by atoms with Gasteiger partial charge in [0, 0.05) is 17.6 Å². The van der Waals surface area contributed by atoms with Crippen LogP contribution in [0.5, 0.6) is 0 Å². The molecule has 0 aliphatic carbocycles. The topological polar surface area (TPSA) is 62.2 Å². The van der Waals surface area contributed by atoms with Gasteiger partial charge in [-0.3, -0.25) is 9.78 Å². The fraction of sp³-hybridized carbons (Fsp3) is 0.538. The van der Waals surface area contributed by atoms with Crippen LogP contribution in [0.4, 0.5) is 0 Å². The van der Waals surface area contributed by atoms with Gasteiger partial charge in [-0.1, -0.05) is 13.8 Å². The van der Waals surface area contributed by atoms with Gasteiger partial charge in [0.15, 0.2) is 0 Å². The van der Waals surface area contributed by atoms with Crippen molar-refractivity contribution in [2.45, 2.75) is 37.7 Å². The van der Waals surface area contributed by atoms with E-state index in [9.17, 15) is 9.90 Å². The summed E-state index contributed by atoms with van der Waals surface area (Å²) in [5.41, 5.74) is 0.678. The Morgan fingerprint density at radius 3 is 2.83 bits per heavy atom. The average molecular weight is 268 g/mol. The summed E-state index contributed by atoms with van der Waals surface area (Å²) in [5.74, 6) is 0.441. The number of hydrogen-bond acceptors (Lipinski definition) is 4. The van der Waals surface area contributed by atoms with Crippen LogP contribution in [-0.2, 0) is 4.79 Å². The summed E-state index contributed by atoms with van der Waals surface area (Å²) in [7, 11) is 0. The van der Waals surface area contributed by atoms with Crippen molar-refractivity contribution in [2.24, 2.45) is 0 Å². The predicted octanol–water partition coefficient (Wildman–Crippen LogP) is 2.14. The molecule has 0 saturated heterocycles. The van der Waals surface area contributed by atoms with E-state index >= 15 is 0 Å². The molecule has 100 valence electrons. The first-order valence-corrected chi connectivity index (χ1v) is 7.19. The second-order valence-electron chi connectivity index (χ2n) is 3.98. The molecule has 4 nitrogen and oxygen atoms in total. The summed E-state index contributed by atoms with van der Waals surface area (Å²) in [6.07, 6.45) is 2.80. The van der Waals surface area contributed by atoms with Crippen LogP contribution in [0.25, 0.3) is 0 Å². The van der Waals surface area contributed by atoms with Crippen molar-refractivity contribution in [1.82, 2.24) is 10.3 Å². The zero-order valence-corrected chi connectivity index (χ0v) is 11.7. The fourth-order valence-electron chi connectivity index (χ4n) is 1.35. The zero-order valence-electron chi connectivity index (χ0n) is 10.8. The lowest BCUT2D eigenvalue weighted by molar-refractivity contribution is -0.118. The Balaban J connectivity index is 2.41. The Bertz CT molecular complexity index is 368. The lowest BCUT2D eigenvalue weighted by atomic mass is 10.2. The van der Waals surface area contributed by atoms with E-state index in [4.69, 9.17) is 0 Å². The standard InChI is InChI=1S/C13H20N2O2S/c1-3-7-14-13(17)9-18-10-5-6-11(15-8-10)12(16)4-2/h5-6,8,12,16H,3-4,7,9H2,1-2H3,(H,14,17). The largest absolute Gasteiger partial charge is 0.387 e. The van der Waals surface area contributed by atoms with E-state index in [1.807, 2.05) is 19.9 Å². The maximum Gasteiger partial charge on any atom is 0.230 e. The quantitative estimate of drug-likeness (QED) is 0.744. The molecule has 1 heterocycles. The molecule has 1 aromatic rings. The number of nitrogens with zero attached hydrogens (tertiary/aromatic N) is 1. The second-order valence-corrected chi connectivity index (χ2v) is 5.03. The maximum absolute atomic E-state index is 11.4. The van der Waals surface area contributed by atoms with E-state index in [1.165, 1.54) is 11.8 Å². The number of aliphatic hydroxyl groups excluding tert-OH is 1. The van der Waals surface area contributed by atoms with Gasteiger partial charge in [0.05, 0.1) is 17.6 Å². The van der Waals surface area contributed by atoms with Gasteiger partial charge in [0.2, 0.25) is 5.91 Å². The van der Waals surface area contributed by atoms with Crippen LogP contribution in [0, 0.1) is 0 Å². The Labute approximate surface area is 112 Å². The van der Waals surface area contributed by atoms with Gasteiger partial charge < -0.3 is 10.4 Å². The Morgan fingerprint density at radius 1 is 1.50 bits per heavy atom. The molecule has 18 heavy (non-hydrogen) atoms. The minimum Gasteiger partial charge on any atom is -0.387 e. The average Bonchev–Trinajstić information content (AvgIpc) is 2.42. The van der Waals surface area contributed by atoms with Gasteiger partial charge >= 0.3 is 0 Å². The molecular formula is C13H20N2O2S. The van der Waals surface area contributed by atoms with Gasteiger partial charge in [-0.25, -0.2) is 0 Å². The summed E-state index contributed by atoms with van der Waals surface area (Å²) >= 11 is 1.45. The minimum absolute atomic E-state index is 0.0412. The Hall–Kier alpha value is -1.07. The van der Waals surface area contributed by atoms with Crippen LogP contribution in [0.2, 0.25) is 0 Å². The number of pyridine rings is 1. The molecule has 1 rings (SSSR count). The second kappa shape index (κ2) is 8.11. The van der Waals surface area contributed by atoms with Crippen molar-refractivity contribution in [3.05, 3.63) is 24.0 Å². The lowest BCUT2D eigenvalue weighted by Gasteiger charge is -2.07. The van der Waals surface area contributed by atoms with E-state index in [0.29, 0.717) is 17.9 Å². The van der Waals surface area contributed by atoms with Crippen LogP contribution in [0.15, 0.2) is 23.2 Å². The van der Waals surface area contributed by atoms with Crippen LogP contribution in [-0.4, -0.2) is 28.3 Å². The van der Waals surface area contributed by atoms with E-state index in [0.717, 1.165) is 17.9 Å². The minimum atomic E-state index is -0.503. The fourth-order valence-corrected chi connectivity index (χ4v) is 2.04. The summed E-state index contributed by atoms with van der Waals surface area (Å²) in [4.78, 5) is 16.5. The molecule has 1 atom stereocenters. The van der Waals surface area contributed by atoms with E-state index < -0.39 is 6.10 Å². The monoisotopic (exact) mass is 268 g/mol. The van der Waals surface area contributed by atoms with Crippen molar-refractivity contribution in [3.63, 3.8) is 0 Å². The molecule has 1 aromatic heterocycles. The number of carbonyl (C=O) groups is 1. The predicted molar refractivity (Wildman–Crippen MR) is 73.5 cm³/mol. The molecule has 5 heteroatoms. The summed E-state index contributed by atoms with van der Waals surface area (Å²) in [6.45, 7) is 4.65. The summed E-state index contributed by atoms with van der Waals surface area (Å²) in [6, 6.07) is 3.69. The van der Waals surface area contributed by atoms with Gasteiger partial charge in [0.1, 0.15) is 0 Å². The van der Waals surface area contributed by atoms with Crippen LogP contribution in [0.1, 0.15) is 38.5 Å². The zero-order chi connectivity index (χ0) is 13.4. The van der Waals surface area contributed by atoms with Crippen molar-refractivity contribution in [2.75, 3.05) is 12.3 Å². The molecule has 0 spiro atoms. The third-order valence-corrected chi connectivity index (χ3v) is 3.41. The number of aromatic nitrogens is 1. The van der Waals surface area contributed by atoms with Crippen molar-refractivity contribution >= 4 is 17.7 Å². The number of thioether (sulfide) groups is 1. The van der Waals surface area contributed by atoms with Gasteiger partial charge in [-0.05, 0) is 25.0 Å². The van der Waals surface area contributed by atoms with Gasteiger partial charge in [-0.2, -0.15) is 0 Å². The first kappa shape index (κ1) is 15.0. The highest BCUT2D eigenvalue weighted by Gasteiger charge is 2.07. The molecule has 0 saturated carbocycles. The first-order chi connectivity index (χ1) is 8.67. The molecular weight excluding hydrogens is 248 g/mol. The van der Waals surface area contributed by atoms with E-state index in [2.05, 4.69) is 10.3 Å². The maximum atomic E-state index is 11.4. The van der Waals surface area contributed by atoms with Crippen LogP contribution < -0.4 is 5.32 Å².